The van der Waals surface area contributed by atoms with Gasteiger partial charge in [0.2, 0.25) is 0 Å². The number of hydrogen-bond acceptors (Lipinski definition) is 3. The number of pyridine rings is 1. The van der Waals surface area contributed by atoms with E-state index in [0.717, 1.165) is 32.2 Å². The second-order valence-corrected chi connectivity index (χ2v) is 4.84. The van der Waals surface area contributed by atoms with E-state index in [-0.39, 0.29) is 5.91 Å². The van der Waals surface area contributed by atoms with E-state index in [1.807, 2.05) is 0 Å². The van der Waals surface area contributed by atoms with Crippen LogP contribution in [0.4, 0.5) is 5.82 Å². The summed E-state index contributed by atoms with van der Waals surface area (Å²) >= 11 is 5.93. The molecule has 0 fully saturated rings. The van der Waals surface area contributed by atoms with Crippen LogP contribution in [-0.4, -0.2) is 24.0 Å². The number of amides is 1. The number of hydrogen-bond donors (Lipinski definition) is 2. The lowest BCUT2D eigenvalue weighted by Crippen LogP contribution is -2.24. The van der Waals surface area contributed by atoms with Crippen molar-refractivity contribution in [3.8, 4) is 0 Å². The molecule has 0 unspecified atom stereocenters. The zero-order chi connectivity index (χ0) is 14.1. The topological polar surface area (TPSA) is 54.0 Å². The predicted molar refractivity (Wildman–Crippen MR) is 79.9 cm³/mol. The molecule has 106 valence electrons. The monoisotopic (exact) mass is 283 g/mol. The average Bonchev–Trinajstić information content (AvgIpc) is 2.40. The molecule has 0 saturated carbocycles. The third kappa shape index (κ3) is 5.92. The van der Waals surface area contributed by atoms with Crippen LogP contribution in [0.3, 0.4) is 0 Å². The molecular formula is C14H22ClN3O. The molecule has 1 aromatic rings. The number of carbonyl (C=O) groups is 1. The van der Waals surface area contributed by atoms with E-state index in [4.69, 9.17) is 11.6 Å². The van der Waals surface area contributed by atoms with Crippen LogP contribution in [0.5, 0.6) is 0 Å². The minimum Gasteiger partial charge on any atom is -0.370 e. The molecule has 0 radical (unpaired) electrons. The molecule has 0 aliphatic heterocycles. The van der Waals surface area contributed by atoms with Crippen LogP contribution in [0.1, 0.15) is 49.9 Å². The molecule has 1 rings (SSSR count). The molecule has 4 nitrogen and oxygen atoms in total. The molecule has 0 aromatic carbocycles. The Kier molecular flexibility index (Phi) is 7.26. The largest absolute Gasteiger partial charge is 0.370 e. The van der Waals surface area contributed by atoms with Crippen molar-refractivity contribution in [3.05, 3.63) is 22.8 Å². The number of aromatic nitrogens is 1. The summed E-state index contributed by atoms with van der Waals surface area (Å²) in [7, 11) is 0. The Morgan fingerprint density at radius 1 is 1.21 bits per heavy atom. The maximum Gasteiger partial charge on any atom is 0.251 e. The van der Waals surface area contributed by atoms with Gasteiger partial charge >= 0.3 is 0 Å². The summed E-state index contributed by atoms with van der Waals surface area (Å²) in [6, 6.07) is 3.32. The van der Waals surface area contributed by atoms with Gasteiger partial charge in [0.15, 0.2) is 0 Å². The summed E-state index contributed by atoms with van der Waals surface area (Å²) < 4.78 is 0. The molecule has 1 heterocycles. The number of anilines is 1. The molecule has 1 amide bonds. The zero-order valence-corrected chi connectivity index (χ0v) is 12.4. The first kappa shape index (κ1) is 15.8. The highest BCUT2D eigenvalue weighted by molar-refractivity contribution is 6.29. The minimum atomic E-state index is -0.0973. The van der Waals surface area contributed by atoms with Gasteiger partial charge in [-0.2, -0.15) is 0 Å². The third-order valence-corrected chi connectivity index (χ3v) is 2.87. The smallest absolute Gasteiger partial charge is 0.251 e. The van der Waals surface area contributed by atoms with Crippen molar-refractivity contribution >= 4 is 23.3 Å². The van der Waals surface area contributed by atoms with Gasteiger partial charge in [-0.25, -0.2) is 4.98 Å². The fourth-order valence-corrected chi connectivity index (χ4v) is 1.86. The number of rotatable bonds is 8. The molecule has 0 bridgehead atoms. The normalized spacial score (nSPS) is 10.3. The first-order valence-corrected chi connectivity index (χ1v) is 7.24. The van der Waals surface area contributed by atoms with Crippen LogP contribution < -0.4 is 10.6 Å². The average molecular weight is 284 g/mol. The lowest BCUT2D eigenvalue weighted by molar-refractivity contribution is 0.0953. The first-order valence-electron chi connectivity index (χ1n) is 6.87. The van der Waals surface area contributed by atoms with Gasteiger partial charge in [0.05, 0.1) is 0 Å². The fourth-order valence-electron chi connectivity index (χ4n) is 1.65. The summed E-state index contributed by atoms with van der Waals surface area (Å²) in [5.41, 5.74) is 0.551. The van der Waals surface area contributed by atoms with Gasteiger partial charge in [0.1, 0.15) is 11.0 Å². The van der Waals surface area contributed by atoms with Gasteiger partial charge in [-0.3, -0.25) is 4.79 Å². The summed E-state index contributed by atoms with van der Waals surface area (Å²) in [5, 5.41) is 6.36. The van der Waals surface area contributed by atoms with Crippen LogP contribution in [0, 0.1) is 0 Å². The van der Waals surface area contributed by atoms with Gasteiger partial charge in [0.25, 0.3) is 5.91 Å². The highest BCUT2D eigenvalue weighted by Gasteiger charge is 2.08. The van der Waals surface area contributed by atoms with Gasteiger partial charge in [-0.15, -0.1) is 0 Å². The lowest BCUT2D eigenvalue weighted by atomic mass is 10.2. The zero-order valence-electron chi connectivity index (χ0n) is 11.6. The maximum atomic E-state index is 12.0. The number of halogens is 1. The number of unbranched alkanes of at least 4 members (excludes halogenated alkanes) is 2. The van der Waals surface area contributed by atoms with Crippen molar-refractivity contribution < 1.29 is 4.79 Å². The second kappa shape index (κ2) is 8.75. The van der Waals surface area contributed by atoms with Gasteiger partial charge in [-0.05, 0) is 25.0 Å². The second-order valence-electron chi connectivity index (χ2n) is 4.45. The summed E-state index contributed by atoms with van der Waals surface area (Å²) in [4.78, 5) is 16.1. The Balaban J connectivity index is 2.60. The van der Waals surface area contributed by atoms with Crippen molar-refractivity contribution in [1.82, 2.24) is 10.3 Å². The van der Waals surface area contributed by atoms with Crippen LogP contribution in [-0.2, 0) is 0 Å². The summed E-state index contributed by atoms with van der Waals surface area (Å²) in [6.07, 6.45) is 4.26. The third-order valence-electron chi connectivity index (χ3n) is 2.68. The van der Waals surface area contributed by atoms with E-state index < -0.39 is 0 Å². The molecule has 0 aliphatic carbocycles. The molecule has 0 aliphatic rings. The van der Waals surface area contributed by atoms with E-state index in [0.29, 0.717) is 23.1 Å². The van der Waals surface area contributed by atoms with Gasteiger partial charge in [-0.1, -0.05) is 38.3 Å². The molecule has 0 spiro atoms. The Morgan fingerprint density at radius 2 is 2.00 bits per heavy atom. The minimum absolute atomic E-state index is 0.0973. The van der Waals surface area contributed by atoms with E-state index in [2.05, 4.69) is 29.5 Å². The molecule has 1 aromatic heterocycles. The quantitative estimate of drug-likeness (QED) is 0.567. The van der Waals surface area contributed by atoms with Crippen molar-refractivity contribution in [1.29, 1.82) is 0 Å². The molecule has 19 heavy (non-hydrogen) atoms. The fraction of sp³-hybridized carbons (Fsp3) is 0.571. The summed E-state index contributed by atoms with van der Waals surface area (Å²) in [5.74, 6) is 0.549. The highest BCUT2D eigenvalue weighted by Crippen LogP contribution is 2.14. The molecule has 5 heteroatoms. The van der Waals surface area contributed by atoms with E-state index in [9.17, 15) is 4.79 Å². The van der Waals surface area contributed by atoms with Crippen molar-refractivity contribution in [2.24, 2.45) is 0 Å². The molecule has 0 atom stereocenters. The molecule has 0 saturated heterocycles. The Labute approximate surface area is 120 Å². The first-order chi connectivity index (χ1) is 9.17. The van der Waals surface area contributed by atoms with Gasteiger partial charge < -0.3 is 10.6 Å². The van der Waals surface area contributed by atoms with E-state index in [1.165, 1.54) is 0 Å². The van der Waals surface area contributed by atoms with Crippen LogP contribution in [0.2, 0.25) is 5.15 Å². The Hall–Kier alpha value is -1.29. The van der Waals surface area contributed by atoms with E-state index >= 15 is 0 Å². The van der Waals surface area contributed by atoms with Crippen molar-refractivity contribution in [2.75, 3.05) is 18.4 Å². The SMILES string of the molecule is CCCCCNC(=O)c1cc(Cl)nc(NCCC)c1. The highest BCUT2D eigenvalue weighted by atomic mass is 35.5. The lowest BCUT2D eigenvalue weighted by Gasteiger charge is -2.08. The van der Waals surface area contributed by atoms with E-state index in [1.54, 1.807) is 12.1 Å². The Morgan fingerprint density at radius 3 is 2.68 bits per heavy atom. The van der Waals surface area contributed by atoms with Crippen LogP contribution >= 0.6 is 11.6 Å². The number of nitrogens with one attached hydrogen (secondary N) is 2. The standard InChI is InChI=1S/C14H22ClN3O/c1-3-5-6-8-17-14(19)11-9-12(15)18-13(10-11)16-7-4-2/h9-10H,3-8H2,1-2H3,(H,16,18)(H,17,19). The predicted octanol–water partition coefficient (Wildman–Crippen LogP) is 3.48. The maximum absolute atomic E-state index is 12.0. The van der Waals surface area contributed by atoms with Crippen LogP contribution in [0.15, 0.2) is 12.1 Å². The Bertz CT molecular complexity index is 410. The van der Waals surface area contributed by atoms with Gasteiger partial charge in [0, 0.05) is 18.7 Å². The van der Waals surface area contributed by atoms with Crippen molar-refractivity contribution in [3.63, 3.8) is 0 Å². The van der Waals surface area contributed by atoms with Crippen molar-refractivity contribution in [2.45, 2.75) is 39.5 Å². The summed E-state index contributed by atoms with van der Waals surface area (Å²) in [6.45, 7) is 5.71. The number of carbonyl (C=O) groups excluding carboxylic acids is 1. The molecular weight excluding hydrogens is 262 g/mol. The molecule has 2 N–H and O–H groups in total. The number of nitrogens with zero attached hydrogens (tertiary/aromatic N) is 1. The van der Waals surface area contributed by atoms with Crippen LogP contribution in [0.25, 0.3) is 0 Å².